The molecule has 1 aliphatic heterocycles. The van der Waals surface area contributed by atoms with E-state index in [-0.39, 0.29) is 5.92 Å². The molecule has 2 aromatic heterocycles. The molecule has 6 nitrogen and oxygen atoms in total. The number of piperidine rings is 1. The Bertz CT molecular complexity index is 736. The standard InChI is InChI=1S/C21H29N5O/c27-21(18-8-3-1-2-4-9-18)25-12-6-7-17(14-25)15-26-16-20(23-24-26)19-10-5-11-22-13-19/h5,10-11,13,16-18H,1-4,6-9,12,14-15H2/t17-/m0/s1. The maximum absolute atomic E-state index is 13.0. The van der Waals surface area contributed by atoms with Crippen LogP contribution in [0, 0.1) is 11.8 Å². The lowest BCUT2D eigenvalue weighted by Gasteiger charge is -2.34. The van der Waals surface area contributed by atoms with E-state index in [9.17, 15) is 4.79 Å². The van der Waals surface area contributed by atoms with E-state index in [0.29, 0.717) is 11.8 Å². The largest absolute Gasteiger partial charge is 0.342 e. The minimum atomic E-state index is 0.259. The van der Waals surface area contributed by atoms with E-state index in [2.05, 4.69) is 20.2 Å². The van der Waals surface area contributed by atoms with Crippen LogP contribution in [0.1, 0.15) is 51.4 Å². The van der Waals surface area contributed by atoms with Gasteiger partial charge in [0.2, 0.25) is 5.91 Å². The molecule has 4 rings (SSSR count). The second-order valence-corrected chi connectivity index (χ2v) is 8.05. The van der Waals surface area contributed by atoms with Crippen molar-refractivity contribution < 1.29 is 4.79 Å². The fourth-order valence-electron chi connectivity index (χ4n) is 4.50. The van der Waals surface area contributed by atoms with E-state index in [1.165, 1.54) is 25.7 Å². The maximum atomic E-state index is 13.0. The highest BCUT2D eigenvalue weighted by Crippen LogP contribution is 2.27. The Balaban J connectivity index is 1.36. The fourth-order valence-corrected chi connectivity index (χ4v) is 4.50. The number of carbonyl (C=O) groups excluding carboxylic acids is 1. The lowest BCUT2D eigenvalue weighted by Crippen LogP contribution is -2.44. The molecule has 1 aliphatic carbocycles. The molecule has 1 saturated carbocycles. The van der Waals surface area contributed by atoms with Crippen molar-refractivity contribution in [1.82, 2.24) is 24.9 Å². The summed E-state index contributed by atoms with van der Waals surface area (Å²) in [6, 6.07) is 3.90. The number of hydrogen-bond donors (Lipinski definition) is 0. The van der Waals surface area contributed by atoms with Gasteiger partial charge in [-0.05, 0) is 43.7 Å². The van der Waals surface area contributed by atoms with Crippen LogP contribution in [0.2, 0.25) is 0 Å². The average molecular weight is 367 g/mol. The van der Waals surface area contributed by atoms with Crippen LogP contribution in [-0.4, -0.2) is 43.9 Å². The highest BCUT2D eigenvalue weighted by Gasteiger charge is 2.29. The number of likely N-dealkylation sites (tertiary alicyclic amines) is 1. The molecule has 27 heavy (non-hydrogen) atoms. The van der Waals surface area contributed by atoms with Crippen LogP contribution in [0.25, 0.3) is 11.3 Å². The highest BCUT2D eigenvalue weighted by atomic mass is 16.2. The van der Waals surface area contributed by atoms with Gasteiger partial charge in [0.05, 0.1) is 6.20 Å². The first-order valence-electron chi connectivity index (χ1n) is 10.4. The van der Waals surface area contributed by atoms with Crippen molar-refractivity contribution in [2.45, 2.75) is 57.9 Å². The normalized spacial score (nSPS) is 21.8. The summed E-state index contributed by atoms with van der Waals surface area (Å²) in [7, 11) is 0. The Morgan fingerprint density at radius 3 is 2.74 bits per heavy atom. The molecule has 1 atom stereocenters. The van der Waals surface area contributed by atoms with Crippen LogP contribution in [-0.2, 0) is 11.3 Å². The first-order chi connectivity index (χ1) is 13.3. The van der Waals surface area contributed by atoms with E-state index in [4.69, 9.17) is 0 Å². The molecule has 0 N–H and O–H groups in total. The number of amides is 1. The summed E-state index contributed by atoms with van der Waals surface area (Å²) in [6.45, 7) is 2.60. The number of aromatic nitrogens is 4. The Morgan fingerprint density at radius 1 is 1.11 bits per heavy atom. The first-order valence-corrected chi connectivity index (χ1v) is 10.4. The zero-order valence-electron chi connectivity index (χ0n) is 16.0. The molecule has 1 amide bonds. The van der Waals surface area contributed by atoms with Gasteiger partial charge in [-0.3, -0.25) is 14.5 Å². The van der Waals surface area contributed by atoms with Gasteiger partial charge in [0.25, 0.3) is 0 Å². The molecule has 3 heterocycles. The SMILES string of the molecule is O=C(C1CCCCCC1)N1CCC[C@H](Cn2cc(-c3cccnc3)nn2)C1. The lowest BCUT2D eigenvalue weighted by molar-refractivity contribution is -0.138. The summed E-state index contributed by atoms with van der Waals surface area (Å²) in [5.74, 6) is 1.11. The smallest absolute Gasteiger partial charge is 0.225 e. The zero-order chi connectivity index (χ0) is 18.5. The molecule has 0 aromatic carbocycles. The molecule has 1 saturated heterocycles. The second-order valence-electron chi connectivity index (χ2n) is 8.05. The van der Waals surface area contributed by atoms with Crippen molar-refractivity contribution >= 4 is 5.91 Å². The monoisotopic (exact) mass is 367 g/mol. The highest BCUT2D eigenvalue weighted by molar-refractivity contribution is 5.79. The van der Waals surface area contributed by atoms with Crippen LogP contribution >= 0.6 is 0 Å². The summed E-state index contributed by atoms with van der Waals surface area (Å²) >= 11 is 0. The van der Waals surface area contributed by atoms with E-state index in [1.807, 2.05) is 29.2 Å². The third kappa shape index (κ3) is 4.54. The molecule has 6 heteroatoms. The number of nitrogens with zero attached hydrogens (tertiary/aromatic N) is 5. The van der Waals surface area contributed by atoms with E-state index in [1.54, 1.807) is 6.20 Å². The summed E-state index contributed by atoms with van der Waals surface area (Å²) in [5.41, 5.74) is 1.84. The molecule has 0 unspecified atom stereocenters. The average Bonchev–Trinajstić information content (AvgIpc) is 3.00. The van der Waals surface area contributed by atoms with Crippen molar-refractivity contribution in [1.29, 1.82) is 0 Å². The predicted molar refractivity (Wildman–Crippen MR) is 104 cm³/mol. The van der Waals surface area contributed by atoms with Crippen LogP contribution < -0.4 is 0 Å². The number of carbonyl (C=O) groups is 1. The Kier molecular flexibility index (Phi) is 5.80. The second kappa shape index (κ2) is 8.63. The minimum Gasteiger partial charge on any atom is -0.342 e. The Labute approximate surface area is 161 Å². The molecule has 0 spiro atoms. The molecule has 2 fully saturated rings. The van der Waals surface area contributed by atoms with Gasteiger partial charge in [-0.1, -0.05) is 30.9 Å². The van der Waals surface area contributed by atoms with Crippen molar-refractivity contribution in [2.75, 3.05) is 13.1 Å². The van der Waals surface area contributed by atoms with Crippen molar-refractivity contribution in [2.24, 2.45) is 11.8 Å². The Hall–Kier alpha value is -2.24. The van der Waals surface area contributed by atoms with Crippen molar-refractivity contribution in [3.63, 3.8) is 0 Å². The molecule has 0 radical (unpaired) electrons. The van der Waals surface area contributed by atoms with Gasteiger partial charge in [0.15, 0.2) is 0 Å². The van der Waals surface area contributed by atoms with Gasteiger partial charge < -0.3 is 4.90 Å². The molecule has 2 aliphatic rings. The predicted octanol–water partition coefficient (Wildman–Crippen LogP) is 3.55. The van der Waals surface area contributed by atoms with Gasteiger partial charge in [0.1, 0.15) is 5.69 Å². The molecule has 0 bridgehead atoms. The summed E-state index contributed by atoms with van der Waals surface area (Å²) in [4.78, 5) is 19.3. The van der Waals surface area contributed by atoms with Crippen molar-refractivity contribution in [3.8, 4) is 11.3 Å². The lowest BCUT2D eigenvalue weighted by atomic mass is 9.94. The minimum absolute atomic E-state index is 0.259. The van der Waals surface area contributed by atoms with Crippen LogP contribution in [0.15, 0.2) is 30.7 Å². The van der Waals surface area contributed by atoms with Gasteiger partial charge in [-0.15, -0.1) is 5.10 Å². The van der Waals surface area contributed by atoms with Gasteiger partial charge >= 0.3 is 0 Å². The molecular weight excluding hydrogens is 338 g/mol. The van der Waals surface area contributed by atoms with Gasteiger partial charge in [-0.25, -0.2) is 0 Å². The molecule has 2 aromatic rings. The molecule has 144 valence electrons. The first kappa shape index (κ1) is 18.1. The summed E-state index contributed by atoms with van der Waals surface area (Å²) in [5, 5.41) is 8.58. The number of hydrogen-bond acceptors (Lipinski definition) is 4. The Morgan fingerprint density at radius 2 is 1.96 bits per heavy atom. The van der Waals surface area contributed by atoms with E-state index in [0.717, 1.165) is 56.6 Å². The maximum Gasteiger partial charge on any atom is 0.225 e. The third-order valence-electron chi connectivity index (χ3n) is 5.98. The van der Waals surface area contributed by atoms with Crippen molar-refractivity contribution in [3.05, 3.63) is 30.7 Å². The number of rotatable bonds is 4. The summed E-state index contributed by atoms with van der Waals surface area (Å²) in [6.07, 6.45) is 15.0. The summed E-state index contributed by atoms with van der Waals surface area (Å²) < 4.78 is 1.92. The van der Waals surface area contributed by atoms with Gasteiger partial charge in [-0.2, -0.15) is 0 Å². The molecular formula is C21H29N5O. The van der Waals surface area contributed by atoms with E-state index < -0.39 is 0 Å². The van der Waals surface area contributed by atoms with E-state index >= 15 is 0 Å². The van der Waals surface area contributed by atoms with Crippen LogP contribution in [0.3, 0.4) is 0 Å². The van der Waals surface area contributed by atoms with Crippen LogP contribution in [0.5, 0.6) is 0 Å². The quantitative estimate of drug-likeness (QED) is 0.775. The zero-order valence-corrected chi connectivity index (χ0v) is 16.0. The topological polar surface area (TPSA) is 63.9 Å². The van der Waals surface area contributed by atoms with Crippen LogP contribution in [0.4, 0.5) is 0 Å². The fraction of sp³-hybridized carbons (Fsp3) is 0.619. The third-order valence-corrected chi connectivity index (χ3v) is 5.98. The number of pyridine rings is 1. The van der Waals surface area contributed by atoms with Gasteiger partial charge in [0, 0.05) is 43.5 Å².